The Bertz CT molecular complexity index is 444. The molecule has 18 heavy (non-hydrogen) atoms. The first-order valence-electron chi connectivity index (χ1n) is 5.41. The van der Waals surface area contributed by atoms with Crippen molar-refractivity contribution in [2.75, 3.05) is 6.61 Å². The lowest BCUT2D eigenvalue weighted by atomic mass is 10.2. The number of ether oxygens (including phenoxy) is 1. The van der Waals surface area contributed by atoms with Gasteiger partial charge in [-0.25, -0.2) is 4.98 Å². The molecule has 1 heterocycles. The van der Waals surface area contributed by atoms with Crippen molar-refractivity contribution in [1.29, 1.82) is 0 Å². The van der Waals surface area contributed by atoms with Crippen LogP contribution in [-0.4, -0.2) is 29.7 Å². The zero-order chi connectivity index (χ0) is 13.2. The fourth-order valence-corrected chi connectivity index (χ4v) is 1.32. The van der Waals surface area contributed by atoms with Crippen LogP contribution in [0, 0.1) is 0 Å². The van der Waals surface area contributed by atoms with Crippen LogP contribution in [0.4, 0.5) is 13.2 Å². The van der Waals surface area contributed by atoms with Crippen molar-refractivity contribution in [2.45, 2.75) is 25.1 Å². The summed E-state index contributed by atoms with van der Waals surface area (Å²) in [5.41, 5.74) is 0.0219. The molecule has 0 saturated heterocycles. The lowest BCUT2D eigenvalue weighted by molar-refractivity contribution is -0.154. The molecular weight excluding hydrogens is 249 g/mol. The van der Waals surface area contributed by atoms with E-state index >= 15 is 0 Å². The molecule has 1 saturated carbocycles. The van der Waals surface area contributed by atoms with E-state index in [0.29, 0.717) is 0 Å². The third kappa shape index (κ3) is 3.61. The van der Waals surface area contributed by atoms with E-state index in [1.165, 1.54) is 18.3 Å². The summed E-state index contributed by atoms with van der Waals surface area (Å²) in [5.74, 6) is -0.754. The molecule has 2 rings (SSSR count). The number of alkyl halides is 3. The molecule has 1 fully saturated rings. The summed E-state index contributed by atoms with van der Waals surface area (Å²) in [4.78, 5) is 15.4. The number of halogens is 3. The average Bonchev–Trinajstić information content (AvgIpc) is 3.09. The van der Waals surface area contributed by atoms with Gasteiger partial charge in [-0.3, -0.25) is 4.79 Å². The highest BCUT2D eigenvalue weighted by Gasteiger charge is 2.30. The molecule has 1 N–H and O–H groups in total. The van der Waals surface area contributed by atoms with E-state index in [1.807, 2.05) is 0 Å². The Morgan fingerprint density at radius 2 is 2.22 bits per heavy atom. The van der Waals surface area contributed by atoms with E-state index in [2.05, 4.69) is 15.0 Å². The summed E-state index contributed by atoms with van der Waals surface area (Å²) in [6, 6.07) is 2.98. The molecular formula is C11H11F3N2O2. The van der Waals surface area contributed by atoms with Gasteiger partial charge in [0.1, 0.15) is 5.56 Å². The van der Waals surface area contributed by atoms with Crippen molar-refractivity contribution in [1.82, 2.24) is 10.3 Å². The number of rotatable bonds is 4. The van der Waals surface area contributed by atoms with Crippen molar-refractivity contribution >= 4 is 5.91 Å². The quantitative estimate of drug-likeness (QED) is 0.899. The fourth-order valence-electron chi connectivity index (χ4n) is 1.32. The largest absolute Gasteiger partial charge is 0.467 e. The van der Waals surface area contributed by atoms with Crippen molar-refractivity contribution in [3.8, 4) is 5.88 Å². The van der Waals surface area contributed by atoms with Gasteiger partial charge >= 0.3 is 6.18 Å². The smallest absolute Gasteiger partial charge is 0.422 e. The molecule has 0 aliphatic heterocycles. The highest BCUT2D eigenvalue weighted by atomic mass is 19.4. The molecule has 1 aliphatic rings. The third-order valence-corrected chi connectivity index (χ3v) is 2.30. The maximum absolute atomic E-state index is 12.0. The number of carbonyl (C=O) groups excluding carboxylic acids is 1. The normalized spacial score (nSPS) is 15.3. The van der Waals surface area contributed by atoms with E-state index in [9.17, 15) is 18.0 Å². The predicted octanol–water partition coefficient (Wildman–Crippen LogP) is 1.91. The van der Waals surface area contributed by atoms with Gasteiger partial charge in [-0.15, -0.1) is 0 Å². The van der Waals surface area contributed by atoms with E-state index < -0.39 is 18.7 Å². The minimum Gasteiger partial charge on any atom is -0.467 e. The molecule has 1 aromatic rings. The monoisotopic (exact) mass is 260 g/mol. The molecule has 0 spiro atoms. The minimum atomic E-state index is -4.46. The van der Waals surface area contributed by atoms with E-state index in [4.69, 9.17) is 0 Å². The molecule has 0 aromatic carbocycles. The molecule has 7 heteroatoms. The van der Waals surface area contributed by atoms with E-state index in [1.54, 1.807) is 0 Å². The summed E-state index contributed by atoms with van der Waals surface area (Å²) in [7, 11) is 0. The standard InChI is InChI=1S/C11H11F3N2O2/c12-11(13,14)6-18-10-8(2-1-5-15-10)9(17)16-7-3-4-7/h1-2,5,7H,3-4,6H2,(H,16,17). The second-order valence-corrected chi connectivity index (χ2v) is 4.01. The topological polar surface area (TPSA) is 51.2 Å². The molecule has 0 bridgehead atoms. The van der Waals surface area contributed by atoms with E-state index in [-0.39, 0.29) is 17.5 Å². The fraction of sp³-hybridized carbons (Fsp3) is 0.455. The minimum absolute atomic E-state index is 0.0219. The second kappa shape index (κ2) is 4.83. The molecule has 0 unspecified atom stereocenters. The van der Waals surface area contributed by atoms with Crippen LogP contribution in [-0.2, 0) is 0 Å². The van der Waals surface area contributed by atoms with Crippen molar-refractivity contribution in [2.24, 2.45) is 0 Å². The summed E-state index contributed by atoms with van der Waals surface area (Å²) >= 11 is 0. The van der Waals surface area contributed by atoms with Crippen LogP contribution in [0.5, 0.6) is 5.88 Å². The van der Waals surface area contributed by atoms with Gasteiger partial charge in [-0.1, -0.05) is 0 Å². The Morgan fingerprint density at radius 3 is 2.83 bits per heavy atom. The Balaban J connectivity index is 2.06. The van der Waals surface area contributed by atoms with Gasteiger partial charge in [0.15, 0.2) is 6.61 Å². The number of nitrogens with zero attached hydrogens (tertiary/aromatic N) is 1. The first-order valence-corrected chi connectivity index (χ1v) is 5.41. The Hall–Kier alpha value is -1.79. The lowest BCUT2D eigenvalue weighted by Crippen LogP contribution is -2.27. The molecule has 1 aliphatic carbocycles. The summed E-state index contributed by atoms with van der Waals surface area (Å²) in [6.07, 6.45) is -1.39. The SMILES string of the molecule is O=C(NC1CC1)c1cccnc1OCC(F)(F)F. The number of amides is 1. The number of hydrogen-bond acceptors (Lipinski definition) is 3. The number of hydrogen-bond donors (Lipinski definition) is 1. The first kappa shape index (κ1) is 12.7. The van der Waals surface area contributed by atoms with E-state index in [0.717, 1.165) is 12.8 Å². The zero-order valence-electron chi connectivity index (χ0n) is 9.33. The van der Waals surface area contributed by atoms with Crippen LogP contribution in [0.3, 0.4) is 0 Å². The van der Waals surface area contributed by atoms with Gasteiger partial charge in [0, 0.05) is 12.2 Å². The van der Waals surface area contributed by atoms with Crippen LogP contribution in [0.1, 0.15) is 23.2 Å². The van der Waals surface area contributed by atoms with Crippen LogP contribution >= 0.6 is 0 Å². The Labute approximate surface area is 101 Å². The number of nitrogens with one attached hydrogen (secondary N) is 1. The van der Waals surface area contributed by atoms with Gasteiger partial charge < -0.3 is 10.1 Å². The molecule has 98 valence electrons. The number of pyridine rings is 1. The van der Waals surface area contributed by atoms with Crippen LogP contribution in [0.25, 0.3) is 0 Å². The molecule has 1 amide bonds. The van der Waals surface area contributed by atoms with Crippen LogP contribution < -0.4 is 10.1 Å². The van der Waals surface area contributed by atoms with Gasteiger partial charge in [0.25, 0.3) is 5.91 Å². The average molecular weight is 260 g/mol. The van der Waals surface area contributed by atoms with Crippen molar-refractivity contribution in [3.05, 3.63) is 23.9 Å². The maximum atomic E-state index is 12.0. The Morgan fingerprint density at radius 1 is 1.50 bits per heavy atom. The Kier molecular flexibility index (Phi) is 3.40. The zero-order valence-corrected chi connectivity index (χ0v) is 9.33. The molecule has 4 nitrogen and oxygen atoms in total. The third-order valence-electron chi connectivity index (χ3n) is 2.30. The summed E-state index contributed by atoms with van der Waals surface area (Å²) < 4.78 is 40.7. The van der Waals surface area contributed by atoms with Crippen LogP contribution in [0.2, 0.25) is 0 Å². The van der Waals surface area contributed by atoms with Gasteiger partial charge in [-0.05, 0) is 25.0 Å². The van der Waals surface area contributed by atoms with Gasteiger partial charge in [0.05, 0.1) is 0 Å². The summed E-state index contributed by atoms with van der Waals surface area (Å²) in [5, 5.41) is 2.67. The van der Waals surface area contributed by atoms with Crippen molar-refractivity contribution in [3.63, 3.8) is 0 Å². The number of aromatic nitrogens is 1. The molecule has 0 radical (unpaired) electrons. The maximum Gasteiger partial charge on any atom is 0.422 e. The molecule has 1 aromatic heterocycles. The van der Waals surface area contributed by atoms with Crippen molar-refractivity contribution < 1.29 is 22.7 Å². The molecule has 0 atom stereocenters. The first-order chi connectivity index (χ1) is 8.46. The predicted molar refractivity (Wildman–Crippen MR) is 56.3 cm³/mol. The van der Waals surface area contributed by atoms with Crippen LogP contribution in [0.15, 0.2) is 18.3 Å². The lowest BCUT2D eigenvalue weighted by Gasteiger charge is -2.11. The van der Waals surface area contributed by atoms with Gasteiger partial charge in [-0.2, -0.15) is 13.2 Å². The second-order valence-electron chi connectivity index (χ2n) is 4.01. The van der Waals surface area contributed by atoms with Gasteiger partial charge in [0.2, 0.25) is 5.88 Å². The highest BCUT2D eigenvalue weighted by Crippen LogP contribution is 2.22. The highest BCUT2D eigenvalue weighted by molar-refractivity contribution is 5.96. The number of carbonyl (C=O) groups is 1. The summed E-state index contributed by atoms with van der Waals surface area (Å²) in [6.45, 7) is -1.46.